The van der Waals surface area contributed by atoms with Gasteiger partial charge >= 0.3 is 0 Å². The first-order valence-corrected chi connectivity index (χ1v) is 15.8. The lowest BCUT2D eigenvalue weighted by atomic mass is 10.1. The molecule has 16 nitrogen and oxygen atoms in total. The smallest absolute Gasteiger partial charge is 0.296 e. The first kappa shape index (κ1) is 29.5. The van der Waals surface area contributed by atoms with Gasteiger partial charge in [-0.1, -0.05) is 0 Å². The van der Waals surface area contributed by atoms with Crippen LogP contribution < -0.4 is 5.01 Å². The van der Waals surface area contributed by atoms with Gasteiger partial charge in [-0.2, -0.15) is 45.6 Å². The van der Waals surface area contributed by atoms with Gasteiger partial charge in [0.2, 0.25) is 0 Å². The molecule has 0 aliphatic carbocycles. The van der Waals surface area contributed by atoms with Gasteiger partial charge < -0.3 is 4.55 Å². The topological polar surface area (TPSA) is 261 Å². The predicted octanol–water partition coefficient (Wildman–Crippen LogP) is 1.69. The summed E-state index contributed by atoms with van der Waals surface area (Å²) in [5.41, 5.74) is -0.440. The average Bonchev–Trinajstić information content (AvgIpc) is 3.12. The number of carbonyl (C=O) groups excluding carboxylic acids is 1. The molecule has 2 unspecified atom stereocenters. The van der Waals surface area contributed by atoms with E-state index in [2.05, 4.69) is 15.3 Å². The molecule has 2 atom stereocenters. The number of carbonyl (C=O) groups is 1. The fourth-order valence-corrected chi connectivity index (χ4v) is 6.00. The Morgan fingerprint density at radius 3 is 2.02 bits per heavy atom. The number of rotatable bonds is 7. The molecule has 0 fully saturated rings. The summed E-state index contributed by atoms with van der Waals surface area (Å²) in [6.07, 6.45) is 0. The van der Waals surface area contributed by atoms with E-state index >= 15 is 0 Å². The number of fused-ring (bicyclic) bond motifs is 1. The lowest BCUT2D eigenvalue weighted by molar-refractivity contribution is -0.117. The van der Waals surface area contributed by atoms with E-state index in [-0.39, 0.29) is 16.3 Å². The van der Waals surface area contributed by atoms with Gasteiger partial charge in [0.15, 0.2) is 6.04 Å². The molecule has 3 aromatic carbocycles. The summed E-state index contributed by atoms with van der Waals surface area (Å²) in [7, 11) is -15.3. The van der Waals surface area contributed by atoms with Crippen molar-refractivity contribution in [3.8, 4) is 0 Å². The monoisotopic (exact) mass is 631 g/mol. The second kappa shape index (κ2) is 10.2. The van der Waals surface area contributed by atoms with Crippen molar-refractivity contribution < 1.29 is 52.5 Å². The molecule has 0 bridgehead atoms. The number of nitrogens with zero attached hydrogens (tertiary/aromatic N) is 4. The van der Waals surface area contributed by atoms with Crippen LogP contribution in [0.3, 0.4) is 0 Å². The van der Waals surface area contributed by atoms with E-state index in [1.807, 2.05) is 0 Å². The molecule has 212 valence electrons. The van der Waals surface area contributed by atoms with E-state index in [1.54, 1.807) is 0 Å². The van der Waals surface area contributed by atoms with Crippen LogP contribution in [0.1, 0.15) is 6.92 Å². The number of hydrazone groups is 1. The largest absolute Gasteiger partial charge is 0.768 e. The van der Waals surface area contributed by atoms with Gasteiger partial charge in [-0.3, -0.25) is 22.7 Å². The van der Waals surface area contributed by atoms with Crippen molar-refractivity contribution in [2.24, 2.45) is 15.3 Å². The second-order valence-corrected chi connectivity index (χ2v) is 13.3. The van der Waals surface area contributed by atoms with Crippen molar-refractivity contribution >= 4 is 75.2 Å². The summed E-state index contributed by atoms with van der Waals surface area (Å²) < 4.78 is 122. The molecular formula is C20H15N4O12S4-. The fraction of sp³-hybridized carbons (Fsp3) is 0.100. The molecule has 0 spiro atoms. The Balaban J connectivity index is 1.83. The van der Waals surface area contributed by atoms with Gasteiger partial charge in [-0.15, -0.1) is 0 Å². The Kier molecular flexibility index (Phi) is 7.49. The number of hydrogen-bond donors (Lipinski definition) is 3. The highest BCUT2D eigenvalue weighted by atomic mass is 32.2. The molecule has 1 aliphatic heterocycles. The molecule has 1 aliphatic rings. The van der Waals surface area contributed by atoms with E-state index in [1.165, 1.54) is 31.2 Å². The van der Waals surface area contributed by atoms with E-state index in [9.17, 15) is 52.5 Å². The van der Waals surface area contributed by atoms with Crippen molar-refractivity contribution in [1.82, 2.24) is 0 Å². The Labute approximate surface area is 228 Å². The van der Waals surface area contributed by atoms with Gasteiger partial charge in [-0.05, 0) is 71.9 Å². The van der Waals surface area contributed by atoms with Crippen LogP contribution in [0.5, 0.6) is 0 Å². The van der Waals surface area contributed by atoms with Crippen LogP contribution in [0, 0.1) is 0 Å². The van der Waals surface area contributed by atoms with Gasteiger partial charge in [0.25, 0.3) is 36.3 Å². The molecule has 1 heterocycles. The van der Waals surface area contributed by atoms with Crippen molar-refractivity contribution in [3.05, 3.63) is 48.5 Å². The highest BCUT2D eigenvalue weighted by Crippen LogP contribution is 2.36. The predicted molar refractivity (Wildman–Crippen MR) is 136 cm³/mol. The summed E-state index contributed by atoms with van der Waals surface area (Å²) in [6.45, 7) is 1.39. The molecule has 0 saturated heterocycles. The molecule has 3 aromatic rings. The standard InChI is InChI=1S/C20H16N4O12S4/c1-10-19(20(25)24(23-10)12-2-4-13(5-3-12)37(26)27)22-21-16-9-15-11(7-18(16)40(34,35)36)6-14(38(28,29)30)8-17(15)39(31,32)33/h2-9,19H,1H3,(H,26,27)(H,28,29,30)(H,31,32,33)(H,34,35,36)/p-1. The van der Waals surface area contributed by atoms with Crippen LogP contribution >= 0.6 is 0 Å². The number of anilines is 1. The third-order valence-electron chi connectivity index (χ3n) is 5.47. The lowest BCUT2D eigenvalue weighted by Crippen LogP contribution is -2.29. The molecule has 40 heavy (non-hydrogen) atoms. The first-order valence-electron chi connectivity index (χ1n) is 10.4. The molecule has 3 N–H and O–H groups in total. The summed E-state index contributed by atoms with van der Waals surface area (Å²) in [4.78, 5) is 9.88. The van der Waals surface area contributed by atoms with Gasteiger partial charge in [-0.25, -0.2) is 0 Å². The zero-order valence-electron chi connectivity index (χ0n) is 19.6. The summed E-state index contributed by atoms with van der Waals surface area (Å²) >= 11 is -2.51. The molecule has 0 aromatic heterocycles. The number of hydrogen-bond acceptors (Lipinski definition) is 12. The molecule has 0 saturated carbocycles. The minimum atomic E-state index is -5.15. The summed E-state index contributed by atoms with van der Waals surface area (Å²) in [6, 6.07) is 6.13. The van der Waals surface area contributed by atoms with Crippen molar-refractivity contribution in [1.29, 1.82) is 0 Å². The van der Waals surface area contributed by atoms with E-state index in [0.29, 0.717) is 18.2 Å². The van der Waals surface area contributed by atoms with Crippen LogP contribution in [-0.2, 0) is 46.2 Å². The zero-order chi connectivity index (χ0) is 29.8. The molecular weight excluding hydrogens is 617 g/mol. The SMILES string of the molecule is CC1=NN(c2ccc(S(=O)[O-])cc2)C(=O)C1N=Nc1cc2c(S(=O)(=O)O)cc(S(=O)(=O)O)cc2cc1S(=O)(=O)O. The average molecular weight is 632 g/mol. The van der Waals surface area contributed by atoms with Gasteiger partial charge in [0.1, 0.15) is 15.5 Å². The minimum absolute atomic E-state index is 0.0469. The third kappa shape index (κ3) is 5.83. The zero-order valence-corrected chi connectivity index (χ0v) is 22.9. The van der Waals surface area contributed by atoms with Crippen LogP contribution in [0.15, 0.2) is 83.4 Å². The minimum Gasteiger partial charge on any atom is -0.768 e. The molecule has 20 heteroatoms. The summed E-state index contributed by atoms with van der Waals surface area (Å²) in [5, 5.41) is 11.5. The van der Waals surface area contributed by atoms with Gasteiger partial charge in [0, 0.05) is 10.3 Å². The van der Waals surface area contributed by atoms with E-state index in [4.69, 9.17) is 0 Å². The van der Waals surface area contributed by atoms with Crippen molar-refractivity contribution in [2.45, 2.75) is 32.5 Å². The lowest BCUT2D eigenvalue weighted by Gasteiger charge is -2.13. The van der Waals surface area contributed by atoms with E-state index in [0.717, 1.165) is 11.1 Å². The third-order valence-corrected chi connectivity index (χ3v) is 8.74. The molecule has 4 rings (SSSR count). The van der Waals surface area contributed by atoms with Crippen LogP contribution in [0.25, 0.3) is 10.8 Å². The van der Waals surface area contributed by atoms with E-state index < -0.39 is 84.5 Å². The van der Waals surface area contributed by atoms with Crippen LogP contribution in [0.2, 0.25) is 0 Å². The second-order valence-electron chi connectivity index (χ2n) is 8.13. The quantitative estimate of drug-likeness (QED) is 0.191. The Morgan fingerprint density at radius 1 is 0.900 bits per heavy atom. The maximum absolute atomic E-state index is 12.9. The Hall–Kier alpha value is -3.50. The van der Waals surface area contributed by atoms with Crippen molar-refractivity contribution in [2.75, 3.05) is 5.01 Å². The number of benzene rings is 3. The highest BCUT2D eigenvalue weighted by Gasteiger charge is 2.35. The molecule has 0 radical (unpaired) electrons. The Bertz CT molecular complexity index is 1990. The maximum atomic E-state index is 12.9. The normalized spacial score (nSPS) is 17.5. The van der Waals surface area contributed by atoms with Gasteiger partial charge in [0.05, 0.1) is 16.3 Å². The van der Waals surface area contributed by atoms with Crippen LogP contribution in [-0.4, -0.2) is 65.3 Å². The number of azo groups is 1. The fourth-order valence-electron chi connectivity index (χ4n) is 3.66. The highest BCUT2D eigenvalue weighted by molar-refractivity contribution is 7.87. The first-order chi connectivity index (χ1) is 18.4. The molecule has 1 amide bonds. The van der Waals surface area contributed by atoms with Crippen LogP contribution in [0.4, 0.5) is 11.4 Å². The Morgan fingerprint density at radius 2 is 1.50 bits per heavy atom. The summed E-state index contributed by atoms with van der Waals surface area (Å²) in [5.74, 6) is -0.775. The number of amides is 1. The maximum Gasteiger partial charge on any atom is 0.296 e. The van der Waals surface area contributed by atoms with Crippen molar-refractivity contribution in [3.63, 3.8) is 0 Å².